The quantitative estimate of drug-likeness (QED) is 0.382. The van der Waals surface area contributed by atoms with Crippen molar-refractivity contribution in [1.29, 1.82) is 0 Å². The van der Waals surface area contributed by atoms with E-state index in [9.17, 15) is 0 Å². The van der Waals surface area contributed by atoms with E-state index in [-0.39, 0.29) is 5.92 Å². The Labute approximate surface area is 204 Å². The first kappa shape index (κ1) is 22.7. The van der Waals surface area contributed by atoms with E-state index >= 15 is 0 Å². The maximum Gasteiger partial charge on any atom is 0.174 e. The van der Waals surface area contributed by atoms with Gasteiger partial charge in [-0.3, -0.25) is 0 Å². The lowest BCUT2D eigenvalue weighted by Crippen LogP contribution is -2.18. The van der Waals surface area contributed by atoms with Gasteiger partial charge in [0, 0.05) is 18.7 Å². The molecule has 4 aromatic rings. The summed E-state index contributed by atoms with van der Waals surface area (Å²) < 4.78 is 20.5. The molecule has 0 bridgehead atoms. The molecule has 0 saturated carbocycles. The summed E-state index contributed by atoms with van der Waals surface area (Å²) in [6.07, 6.45) is 9.79. The van der Waals surface area contributed by atoms with Gasteiger partial charge in [0.25, 0.3) is 0 Å². The van der Waals surface area contributed by atoms with Crippen LogP contribution in [-0.4, -0.2) is 45.6 Å². The number of rotatable bonds is 7. The molecular weight excluding hydrogens is 442 g/mol. The second-order valence-corrected chi connectivity index (χ2v) is 8.55. The highest BCUT2D eigenvalue weighted by Gasteiger charge is 2.26. The fourth-order valence-electron chi connectivity index (χ4n) is 4.56. The highest BCUT2D eigenvalue weighted by Crippen LogP contribution is 2.37. The third-order valence-corrected chi connectivity index (χ3v) is 6.32. The molecular formula is C27H29N5O3. The molecule has 0 saturated heterocycles. The molecule has 0 N–H and O–H groups in total. The van der Waals surface area contributed by atoms with Gasteiger partial charge in [0.1, 0.15) is 11.6 Å². The fourth-order valence-corrected chi connectivity index (χ4v) is 4.56. The van der Waals surface area contributed by atoms with E-state index in [1.54, 1.807) is 27.7 Å². The molecule has 0 spiro atoms. The molecule has 0 aliphatic carbocycles. The number of aryl methyl sites for hydroxylation is 2. The number of nitrogens with zero attached hydrogens (tertiary/aromatic N) is 5. The zero-order chi connectivity index (χ0) is 24.4. The zero-order valence-electron chi connectivity index (χ0n) is 20.4. The van der Waals surface area contributed by atoms with Crippen molar-refractivity contribution in [2.45, 2.75) is 32.2 Å². The van der Waals surface area contributed by atoms with Crippen LogP contribution in [0, 0.1) is 6.92 Å². The van der Waals surface area contributed by atoms with Gasteiger partial charge in [-0.05, 0) is 61.2 Å². The van der Waals surface area contributed by atoms with Gasteiger partial charge in [-0.15, -0.1) is 0 Å². The minimum atomic E-state index is 0.163. The molecule has 2 aromatic heterocycles. The molecule has 1 aliphatic rings. The predicted octanol–water partition coefficient (Wildman–Crippen LogP) is 4.89. The molecule has 0 radical (unpaired) electrons. The van der Waals surface area contributed by atoms with Gasteiger partial charge in [-0.2, -0.15) is 5.10 Å². The summed E-state index contributed by atoms with van der Waals surface area (Å²) in [6, 6.07) is 12.2. The zero-order valence-corrected chi connectivity index (χ0v) is 20.4. The molecule has 5 rings (SSSR count). The Morgan fingerprint density at radius 1 is 0.943 bits per heavy atom. The van der Waals surface area contributed by atoms with Crippen molar-refractivity contribution in [3.63, 3.8) is 0 Å². The Morgan fingerprint density at radius 3 is 2.51 bits per heavy atom. The topological polar surface area (TPSA) is 76.2 Å². The highest BCUT2D eigenvalue weighted by atomic mass is 16.5. The lowest BCUT2D eigenvalue weighted by atomic mass is 9.91. The van der Waals surface area contributed by atoms with Crippen LogP contribution >= 0.6 is 0 Å². The van der Waals surface area contributed by atoms with Gasteiger partial charge in [0.15, 0.2) is 17.3 Å². The molecule has 0 unspecified atom stereocenters. The average molecular weight is 472 g/mol. The maximum atomic E-state index is 5.63. The SMILES string of the molecule is COc1ccc([C@@H]2CCCn3nc(C=Cc4ccc(-n5cnc(C)c5)c(OC)c4)nc32)cc1OC. The summed E-state index contributed by atoms with van der Waals surface area (Å²) in [5, 5.41) is 4.75. The summed E-state index contributed by atoms with van der Waals surface area (Å²) in [6.45, 7) is 2.83. The smallest absolute Gasteiger partial charge is 0.174 e. The molecule has 0 fully saturated rings. The monoisotopic (exact) mass is 471 g/mol. The Hall–Kier alpha value is -4.07. The van der Waals surface area contributed by atoms with Gasteiger partial charge in [0.05, 0.1) is 39.0 Å². The average Bonchev–Trinajstić information content (AvgIpc) is 3.52. The van der Waals surface area contributed by atoms with Crippen LogP contribution in [0.3, 0.4) is 0 Å². The van der Waals surface area contributed by atoms with Gasteiger partial charge >= 0.3 is 0 Å². The first-order chi connectivity index (χ1) is 17.1. The van der Waals surface area contributed by atoms with Gasteiger partial charge in [-0.1, -0.05) is 18.2 Å². The van der Waals surface area contributed by atoms with Crippen LogP contribution in [0.1, 0.15) is 47.2 Å². The van der Waals surface area contributed by atoms with Crippen LogP contribution in [0.25, 0.3) is 17.8 Å². The third-order valence-electron chi connectivity index (χ3n) is 6.32. The standard InChI is InChI=1S/C27H29N5O3/c1-18-16-31(17-28-18)22-10-7-19(14-24(22)34-3)8-12-26-29-27-21(6-5-13-32(27)30-26)20-9-11-23(33-2)25(15-20)35-4/h7-12,14-17,21H,5-6,13H2,1-4H3/t21-/m0/s1. The first-order valence-corrected chi connectivity index (χ1v) is 11.6. The fraction of sp³-hybridized carbons (Fsp3) is 0.296. The number of hydrogen-bond donors (Lipinski definition) is 0. The number of aromatic nitrogens is 5. The number of fused-ring (bicyclic) bond motifs is 1. The van der Waals surface area contributed by atoms with Crippen molar-refractivity contribution < 1.29 is 14.2 Å². The molecule has 1 aliphatic heterocycles. The summed E-state index contributed by atoms with van der Waals surface area (Å²) >= 11 is 0. The third kappa shape index (κ3) is 4.51. The van der Waals surface area contributed by atoms with E-state index in [1.807, 2.05) is 64.9 Å². The van der Waals surface area contributed by atoms with E-state index < -0.39 is 0 Å². The summed E-state index contributed by atoms with van der Waals surface area (Å²) in [5.74, 6) is 4.06. The molecule has 8 heteroatoms. The van der Waals surface area contributed by atoms with Crippen molar-refractivity contribution in [3.05, 3.63) is 77.4 Å². The number of imidazole rings is 1. The normalized spacial score (nSPS) is 15.3. The molecule has 35 heavy (non-hydrogen) atoms. The predicted molar refractivity (Wildman–Crippen MR) is 134 cm³/mol. The van der Waals surface area contributed by atoms with Gasteiger partial charge < -0.3 is 18.8 Å². The number of ether oxygens (including phenoxy) is 3. The van der Waals surface area contributed by atoms with Crippen molar-refractivity contribution in [2.24, 2.45) is 0 Å². The minimum Gasteiger partial charge on any atom is -0.495 e. The molecule has 0 amide bonds. The van der Waals surface area contributed by atoms with Crippen LogP contribution in [-0.2, 0) is 6.54 Å². The number of methoxy groups -OCH3 is 3. The summed E-state index contributed by atoms with van der Waals surface area (Å²) in [4.78, 5) is 9.19. The highest BCUT2D eigenvalue weighted by molar-refractivity contribution is 5.69. The van der Waals surface area contributed by atoms with E-state index in [4.69, 9.17) is 24.3 Å². The lowest BCUT2D eigenvalue weighted by molar-refractivity contribution is 0.353. The minimum absolute atomic E-state index is 0.163. The van der Waals surface area contributed by atoms with Crippen molar-refractivity contribution >= 4 is 12.2 Å². The molecule has 180 valence electrons. The van der Waals surface area contributed by atoms with E-state index in [2.05, 4.69) is 11.1 Å². The number of hydrogen-bond acceptors (Lipinski definition) is 6. The van der Waals surface area contributed by atoms with Crippen LogP contribution in [0.2, 0.25) is 0 Å². The second kappa shape index (κ2) is 9.66. The van der Waals surface area contributed by atoms with Gasteiger partial charge in [-0.25, -0.2) is 14.6 Å². The van der Waals surface area contributed by atoms with E-state index in [0.717, 1.165) is 65.0 Å². The van der Waals surface area contributed by atoms with Crippen LogP contribution in [0.15, 0.2) is 48.9 Å². The molecule has 3 heterocycles. The maximum absolute atomic E-state index is 5.63. The Morgan fingerprint density at radius 2 is 1.77 bits per heavy atom. The summed E-state index contributed by atoms with van der Waals surface area (Å²) in [5.41, 5.74) is 4.06. The van der Waals surface area contributed by atoms with Crippen molar-refractivity contribution in [1.82, 2.24) is 24.3 Å². The number of benzene rings is 2. The molecule has 1 atom stereocenters. The largest absolute Gasteiger partial charge is 0.495 e. The van der Waals surface area contributed by atoms with Crippen molar-refractivity contribution in [2.75, 3.05) is 21.3 Å². The Balaban J connectivity index is 1.40. The molecule has 2 aromatic carbocycles. The van der Waals surface area contributed by atoms with E-state index in [1.165, 1.54) is 0 Å². The van der Waals surface area contributed by atoms with E-state index in [0.29, 0.717) is 5.82 Å². The van der Waals surface area contributed by atoms with Crippen LogP contribution < -0.4 is 14.2 Å². The van der Waals surface area contributed by atoms with Gasteiger partial charge in [0.2, 0.25) is 0 Å². The first-order valence-electron chi connectivity index (χ1n) is 11.6. The second-order valence-electron chi connectivity index (χ2n) is 8.55. The van der Waals surface area contributed by atoms with Crippen LogP contribution in [0.4, 0.5) is 0 Å². The summed E-state index contributed by atoms with van der Waals surface area (Å²) in [7, 11) is 4.98. The van der Waals surface area contributed by atoms with Crippen LogP contribution in [0.5, 0.6) is 17.2 Å². The Kier molecular flexibility index (Phi) is 6.27. The lowest BCUT2D eigenvalue weighted by Gasteiger charge is -2.23. The molecule has 8 nitrogen and oxygen atoms in total. The Bertz CT molecular complexity index is 1370. The van der Waals surface area contributed by atoms with Crippen molar-refractivity contribution in [3.8, 4) is 22.9 Å².